The summed E-state index contributed by atoms with van der Waals surface area (Å²) in [4.78, 5) is 45.6. The van der Waals surface area contributed by atoms with Crippen molar-refractivity contribution in [1.29, 1.82) is 0 Å². The molecule has 0 saturated carbocycles. The van der Waals surface area contributed by atoms with Crippen molar-refractivity contribution in [2.45, 2.75) is 39.2 Å². The Hall–Kier alpha value is -2.90. The second kappa shape index (κ2) is 10.1. The van der Waals surface area contributed by atoms with Gasteiger partial charge in [-0.2, -0.15) is 0 Å². The number of carbonyl (C=O) groups excluding carboxylic acids is 4. The molecular weight excluding hydrogens is 328 g/mol. The zero-order valence-corrected chi connectivity index (χ0v) is 14.2. The number of imide groups is 1. The van der Waals surface area contributed by atoms with Crippen molar-refractivity contribution < 1.29 is 28.7 Å². The van der Waals surface area contributed by atoms with Gasteiger partial charge in [-0.05, 0) is 37.6 Å². The Labute approximate surface area is 145 Å². The topological polar surface area (TPSA) is 125 Å². The van der Waals surface area contributed by atoms with Gasteiger partial charge < -0.3 is 15.2 Å². The second-order valence-electron chi connectivity index (χ2n) is 5.28. The van der Waals surface area contributed by atoms with Crippen LogP contribution in [-0.4, -0.2) is 36.4 Å². The molecule has 0 aliphatic rings. The molecule has 1 atom stereocenters. The summed E-state index contributed by atoms with van der Waals surface area (Å²) in [5.74, 6) is -1.10. The number of amides is 3. The normalized spacial score (nSPS) is 11.3. The fourth-order valence-corrected chi connectivity index (χ4v) is 1.85. The average molecular weight is 350 g/mol. The van der Waals surface area contributed by atoms with Crippen molar-refractivity contribution in [3.8, 4) is 5.75 Å². The molecule has 1 aromatic carbocycles. The third kappa shape index (κ3) is 7.47. The predicted octanol–water partition coefficient (Wildman–Crippen LogP) is 1.56. The largest absolute Gasteiger partial charge is 0.494 e. The second-order valence-corrected chi connectivity index (χ2v) is 5.28. The van der Waals surface area contributed by atoms with E-state index < -0.39 is 24.0 Å². The van der Waals surface area contributed by atoms with Crippen molar-refractivity contribution in [3.05, 3.63) is 29.8 Å². The number of carbonyl (C=O) groups is 4. The molecule has 1 rings (SSSR count). The first-order valence-corrected chi connectivity index (χ1v) is 7.89. The number of urea groups is 1. The minimum Gasteiger partial charge on any atom is -0.494 e. The van der Waals surface area contributed by atoms with Crippen molar-refractivity contribution in [3.63, 3.8) is 0 Å². The third-order valence-electron chi connectivity index (χ3n) is 3.13. The van der Waals surface area contributed by atoms with Crippen molar-refractivity contribution in [2.24, 2.45) is 5.73 Å². The number of hydrogen-bond acceptors (Lipinski definition) is 6. The van der Waals surface area contributed by atoms with Crippen LogP contribution in [-0.2, 0) is 14.3 Å². The van der Waals surface area contributed by atoms with E-state index in [9.17, 15) is 19.2 Å². The van der Waals surface area contributed by atoms with Gasteiger partial charge in [0.1, 0.15) is 5.75 Å². The van der Waals surface area contributed by atoms with Crippen LogP contribution in [0.25, 0.3) is 0 Å². The van der Waals surface area contributed by atoms with Crippen LogP contribution in [0.15, 0.2) is 24.3 Å². The molecule has 0 radical (unpaired) electrons. The third-order valence-corrected chi connectivity index (χ3v) is 3.13. The van der Waals surface area contributed by atoms with Gasteiger partial charge >= 0.3 is 12.0 Å². The van der Waals surface area contributed by atoms with Gasteiger partial charge in [-0.15, -0.1) is 0 Å². The molecule has 0 fully saturated rings. The highest BCUT2D eigenvalue weighted by Crippen LogP contribution is 2.14. The lowest BCUT2D eigenvalue weighted by Crippen LogP contribution is -2.42. The molecule has 0 heterocycles. The van der Waals surface area contributed by atoms with Crippen molar-refractivity contribution in [1.82, 2.24) is 5.32 Å². The Morgan fingerprint density at radius 2 is 1.76 bits per heavy atom. The summed E-state index contributed by atoms with van der Waals surface area (Å²) in [6, 6.07) is 5.60. The Balaban J connectivity index is 2.43. The number of esters is 1. The minimum atomic E-state index is -1.18. The van der Waals surface area contributed by atoms with E-state index in [-0.39, 0.29) is 18.6 Å². The number of nitrogens with two attached hydrogens (primary N) is 1. The molecule has 25 heavy (non-hydrogen) atoms. The van der Waals surface area contributed by atoms with Crippen molar-refractivity contribution >= 4 is 23.7 Å². The molecule has 0 aromatic heterocycles. The summed E-state index contributed by atoms with van der Waals surface area (Å²) in [6.45, 7) is 3.89. The lowest BCUT2D eigenvalue weighted by Gasteiger charge is -2.11. The van der Waals surface area contributed by atoms with Crippen LogP contribution in [0.1, 0.15) is 43.5 Å². The maximum Gasteiger partial charge on any atom is 0.318 e. The van der Waals surface area contributed by atoms with Crippen LogP contribution >= 0.6 is 0 Å². The molecule has 1 unspecified atom stereocenters. The molecule has 0 aliphatic heterocycles. The van der Waals surface area contributed by atoms with Gasteiger partial charge in [-0.3, -0.25) is 19.7 Å². The number of hydrogen-bond donors (Lipinski definition) is 2. The average Bonchev–Trinajstić information content (AvgIpc) is 2.57. The minimum absolute atomic E-state index is 0.0574. The summed E-state index contributed by atoms with van der Waals surface area (Å²) in [7, 11) is 0. The zero-order chi connectivity index (χ0) is 18.8. The molecule has 3 amide bonds. The predicted molar refractivity (Wildman–Crippen MR) is 89.1 cm³/mol. The van der Waals surface area contributed by atoms with Gasteiger partial charge in [-0.1, -0.05) is 6.92 Å². The first kappa shape index (κ1) is 20.1. The van der Waals surface area contributed by atoms with Crippen LogP contribution in [0.2, 0.25) is 0 Å². The number of nitrogens with one attached hydrogen (secondary N) is 1. The number of primary amides is 1. The lowest BCUT2D eigenvalue weighted by atomic mass is 10.1. The highest BCUT2D eigenvalue weighted by molar-refractivity contribution is 5.98. The highest BCUT2D eigenvalue weighted by atomic mass is 16.5. The van der Waals surface area contributed by atoms with Gasteiger partial charge in [0.15, 0.2) is 11.9 Å². The van der Waals surface area contributed by atoms with Gasteiger partial charge in [0.25, 0.3) is 5.91 Å². The van der Waals surface area contributed by atoms with Crippen LogP contribution in [0.4, 0.5) is 4.79 Å². The number of ketones is 1. The molecule has 0 bridgehead atoms. The van der Waals surface area contributed by atoms with E-state index in [0.29, 0.717) is 17.9 Å². The number of rotatable bonds is 9. The number of benzene rings is 1. The molecular formula is C17H22N2O6. The van der Waals surface area contributed by atoms with Gasteiger partial charge in [0.2, 0.25) is 0 Å². The smallest absolute Gasteiger partial charge is 0.318 e. The van der Waals surface area contributed by atoms with Crippen LogP contribution < -0.4 is 15.8 Å². The Morgan fingerprint density at radius 3 is 2.32 bits per heavy atom. The fourth-order valence-electron chi connectivity index (χ4n) is 1.85. The van der Waals surface area contributed by atoms with E-state index in [4.69, 9.17) is 15.2 Å². The maximum atomic E-state index is 12.1. The van der Waals surface area contributed by atoms with Gasteiger partial charge in [0, 0.05) is 12.0 Å². The monoisotopic (exact) mass is 350 g/mol. The van der Waals surface area contributed by atoms with Gasteiger partial charge in [0.05, 0.1) is 13.0 Å². The lowest BCUT2D eigenvalue weighted by molar-refractivity contribution is -0.154. The summed E-state index contributed by atoms with van der Waals surface area (Å²) in [5.41, 5.74) is 5.25. The molecule has 8 heteroatoms. The summed E-state index contributed by atoms with van der Waals surface area (Å²) in [5, 5.41) is 1.80. The first-order chi connectivity index (χ1) is 11.8. The van der Waals surface area contributed by atoms with Crippen molar-refractivity contribution in [2.75, 3.05) is 6.61 Å². The molecule has 8 nitrogen and oxygen atoms in total. The number of ether oxygens (including phenoxy) is 2. The Kier molecular flexibility index (Phi) is 8.11. The Morgan fingerprint density at radius 1 is 1.12 bits per heavy atom. The molecule has 3 N–H and O–H groups in total. The summed E-state index contributed by atoms with van der Waals surface area (Å²) in [6.07, 6.45) is -0.525. The van der Waals surface area contributed by atoms with E-state index in [0.717, 1.165) is 6.42 Å². The standard InChI is InChI=1S/C17H22N2O6/c1-3-10-24-13-6-4-12(5-7-13)14(20)8-9-15(21)25-11(2)16(22)19-17(18)23/h4-7,11H,3,8-10H2,1-2H3,(H3,18,19,22,23). The fraction of sp³-hybridized carbons (Fsp3) is 0.412. The van der Waals surface area contributed by atoms with E-state index >= 15 is 0 Å². The van der Waals surface area contributed by atoms with E-state index in [1.807, 2.05) is 6.92 Å². The maximum absolute atomic E-state index is 12.1. The SMILES string of the molecule is CCCOc1ccc(C(=O)CCC(=O)OC(C)C(=O)NC(N)=O)cc1. The highest BCUT2D eigenvalue weighted by Gasteiger charge is 2.19. The molecule has 136 valence electrons. The van der Waals surface area contributed by atoms with E-state index in [1.165, 1.54) is 6.92 Å². The summed E-state index contributed by atoms with van der Waals surface area (Å²) >= 11 is 0. The molecule has 0 spiro atoms. The molecule has 0 aliphatic carbocycles. The van der Waals surface area contributed by atoms with Crippen LogP contribution in [0.5, 0.6) is 5.75 Å². The van der Waals surface area contributed by atoms with Crippen LogP contribution in [0, 0.1) is 0 Å². The van der Waals surface area contributed by atoms with E-state index in [1.54, 1.807) is 29.6 Å². The number of Topliss-reactive ketones (excluding diaryl/α,β-unsaturated/α-hetero) is 1. The van der Waals surface area contributed by atoms with Gasteiger partial charge in [-0.25, -0.2) is 4.79 Å². The van der Waals surface area contributed by atoms with E-state index in [2.05, 4.69) is 0 Å². The summed E-state index contributed by atoms with van der Waals surface area (Å²) < 4.78 is 10.3. The first-order valence-electron chi connectivity index (χ1n) is 7.89. The molecule has 0 saturated heterocycles. The quantitative estimate of drug-likeness (QED) is 0.514. The zero-order valence-electron chi connectivity index (χ0n) is 14.2. The Bertz CT molecular complexity index is 627. The molecule has 1 aromatic rings. The van der Waals surface area contributed by atoms with Crippen LogP contribution in [0.3, 0.4) is 0 Å².